The third-order valence-electron chi connectivity index (χ3n) is 3.07. The van der Waals surface area contributed by atoms with Crippen molar-refractivity contribution in [3.8, 4) is 5.75 Å². The molecular formula is C15H16N6O4. The van der Waals surface area contributed by atoms with Gasteiger partial charge in [-0.3, -0.25) is 25.8 Å². The van der Waals surface area contributed by atoms with Crippen molar-refractivity contribution < 1.29 is 14.5 Å². The first-order chi connectivity index (χ1) is 12.1. The van der Waals surface area contributed by atoms with Crippen LogP contribution in [0.4, 0.5) is 17.3 Å². The number of rotatable bonds is 8. The normalized spacial score (nSPS) is 9.80. The van der Waals surface area contributed by atoms with Crippen molar-refractivity contribution in [1.82, 2.24) is 15.4 Å². The summed E-state index contributed by atoms with van der Waals surface area (Å²) < 4.78 is 5.01. The molecule has 0 unspecified atom stereocenters. The Morgan fingerprint density at radius 2 is 2.00 bits per heavy atom. The van der Waals surface area contributed by atoms with Crippen molar-refractivity contribution in [2.45, 2.75) is 0 Å². The smallest absolute Gasteiger partial charge is 0.354 e. The molecule has 1 heterocycles. The monoisotopic (exact) mass is 344 g/mol. The van der Waals surface area contributed by atoms with Crippen LogP contribution in [0.15, 0.2) is 43.2 Å². The minimum absolute atomic E-state index is 0.0149. The number of carbonyl (C=O) groups excluding carboxylic acids is 1. The van der Waals surface area contributed by atoms with Gasteiger partial charge in [0.1, 0.15) is 12.1 Å². The van der Waals surface area contributed by atoms with Crippen LogP contribution in [-0.4, -0.2) is 34.5 Å². The van der Waals surface area contributed by atoms with Gasteiger partial charge < -0.3 is 10.1 Å². The Labute approximate surface area is 143 Å². The number of anilines is 2. The van der Waals surface area contributed by atoms with Gasteiger partial charge in [0.05, 0.1) is 12.0 Å². The van der Waals surface area contributed by atoms with E-state index in [1.807, 2.05) is 0 Å². The van der Waals surface area contributed by atoms with Crippen LogP contribution in [-0.2, 0) is 0 Å². The molecule has 1 aromatic heterocycles. The van der Waals surface area contributed by atoms with E-state index in [9.17, 15) is 14.9 Å². The molecule has 3 N–H and O–H groups in total. The van der Waals surface area contributed by atoms with Gasteiger partial charge in [-0.1, -0.05) is 6.08 Å². The first kappa shape index (κ1) is 17.7. The molecule has 130 valence electrons. The Morgan fingerprint density at radius 3 is 2.60 bits per heavy atom. The molecule has 25 heavy (non-hydrogen) atoms. The highest BCUT2D eigenvalue weighted by atomic mass is 16.6. The predicted octanol–water partition coefficient (Wildman–Crippen LogP) is 1.75. The molecule has 0 saturated carbocycles. The summed E-state index contributed by atoms with van der Waals surface area (Å²) in [4.78, 5) is 30.4. The van der Waals surface area contributed by atoms with Crippen LogP contribution in [0.5, 0.6) is 5.75 Å². The minimum atomic E-state index is -0.646. The molecule has 0 fully saturated rings. The van der Waals surface area contributed by atoms with Crippen LogP contribution in [0.2, 0.25) is 0 Å². The summed E-state index contributed by atoms with van der Waals surface area (Å²) in [6.07, 6.45) is 2.67. The number of ether oxygens (including phenoxy) is 1. The van der Waals surface area contributed by atoms with Crippen molar-refractivity contribution >= 4 is 23.2 Å². The molecular weight excluding hydrogens is 328 g/mol. The van der Waals surface area contributed by atoms with Crippen LogP contribution in [0.25, 0.3) is 0 Å². The summed E-state index contributed by atoms with van der Waals surface area (Å²) in [6, 6.07) is 6.36. The second kappa shape index (κ2) is 8.24. The topological polar surface area (TPSA) is 131 Å². The van der Waals surface area contributed by atoms with Crippen molar-refractivity contribution in [2.75, 3.05) is 24.4 Å². The van der Waals surface area contributed by atoms with Gasteiger partial charge in [-0.15, -0.1) is 6.58 Å². The highest BCUT2D eigenvalue weighted by Gasteiger charge is 2.23. The molecule has 0 saturated heterocycles. The Kier molecular flexibility index (Phi) is 5.82. The number of nitrogens with zero attached hydrogens (tertiary/aromatic N) is 3. The number of benzene rings is 1. The fraction of sp³-hybridized carbons (Fsp3) is 0.133. The highest BCUT2D eigenvalue weighted by molar-refractivity contribution is 5.95. The lowest BCUT2D eigenvalue weighted by Gasteiger charge is -2.10. The average Bonchev–Trinajstić information content (AvgIpc) is 2.64. The van der Waals surface area contributed by atoms with Crippen LogP contribution >= 0.6 is 0 Å². The second-order valence-electron chi connectivity index (χ2n) is 4.65. The number of carbonyl (C=O) groups is 1. The molecule has 2 rings (SSSR count). The summed E-state index contributed by atoms with van der Waals surface area (Å²) in [5, 5.41) is 14.0. The number of hydrogen-bond donors (Lipinski definition) is 3. The van der Waals surface area contributed by atoms with E-state index in [4.69, 9.17) is 4.74 Å². The number of nitro groups is 1. The van der Waals surface area contributed by atoms with Crippen molar-refractivity contribution in [1.29, 1.82) is 0 Å². The predicted molar refractivity (Wildman–Crippen MR) is 91.5 cm³/mol. The van der Waals surface area contributed by atoms with Crippen LogP contribution in [0.1, 0.15) is 10.4 Å². The Balaban J connectivity index is 2.14. The maximum atomic E-state index is 12.1. The molecule has 1 aromatic carbocycles. The highest BCUT2D eigenvalue weighted by Crippen LogP contribution is 2.28. The third kappa shape index (κ3) is 4.41. The fourth-order valence-corrected chi connectivity index (χ4v) is 1.87. The standard InChI is InChI=1S/C15H16N6O4/c1-3-8-16-13-12(21(23)24)14(18-9-17-13)19-20-15(22)10-4-6-11(25-2)7-5-10/h3-7,9H,1,8H2,2H3,(H,20,22)(H2,16,17,18,19). The van der Waals surface area contributed by atoms with Crippen LogP contribution < -0.4 is 20.9 Å². The number of hydrogen-bond acceptors (Lipinski definition) is 8. The van der Waals surface area contributed by atoms with E-state index in [1.54, 1.807) is 24.3 Å². The zero-order valence-corrected chi connectivity index (χ0v) is 13.4. The molecule has 0 aliphatic heterocycles. The van der Waals surface area contributed by atoms with Gasteiger partial charge in [0.2, 0.25) is 11.6 Å². The van der Waals surface area contributed by atoms with Gasteiger partial charge in [-0.05, 0) is 24.3 Å². The summed E-state index contributed by atoms with van der Waals surface area (Å²) in [7, 11) is 1.52. The van der Waals surface area contributed by atoms with E-state index in [0.29, 0.717) is 11.3 Å². The molecule has 0 bridgehead atoms. The lowest BCUT2D eigenvalue weighted by atomic mass is 10.2. The van der Waals surface area contributed by atoms with Crippen molar-refractivity contribution in [3.63, 3.8) is 0 Å². The molecule has 2 aromatic rings. The van der Waals surface area contributed by atoms with E-state index in [-0.39, 0.29) is 23.9 Å². The summed E-state index contributed by atoms with van der Waals surface area (Å²) >= 11 is 0. The Morgan fingerprint density at radius 1 is 1.32 bits per heavy atom. The summed E-state index contributed by atoms with van der Waals surface area (Å²) in [5.74, 6) is -0.0143. The number of aromatic nitrogens is 2. The van der Waals surface area contributed by atoms with Gasteiger partial charge >= 0.3 is 5.69 Å². The van der Waals surface area contributed by atoms with Gasteiger partial charge in [0.25, 0.3) is 5.91 Å². The maximum Gasteiger partial charge on any atom is 0.354 e. The minimum Gasteiger partial charge on any atom is -0.497 e. The summed E-state index contributed by atoms with van der Waals surface area (Å²) in [6.45, 7) is 3.81. The number of hydrazine groups is 1. The first-order valence-corrected chi connectivity index (χ1v) is 7.11. The van der Waals surface area contributed by atoms with Crippen molar-refractivity contribution in [2.24, 2.45) is 0 Å². The number of amides is 1. The first-order valence-electron chi connectivity index (χ1n) is 7.11. The third-order valence-corrected chi connectivity index (χ3v) is 3.07. The maximum absolute atomic E-state index is 12.1. The molecule has 0 aliphatic rings. The molecule has 10 nitrogen and oxygen atoms in total. The molecule has 0 radical (unpaired) electrons. The van der Waals surface area contributed by atoms with E-state index in [1.165, 1.54) is 13.2 Å². The van der Waals surface area contributed by atoms with Crippen LogP contribution in [0.3, 0.4) is 0 Å². The Hall–Kier alpha value is -3.69. The summed E-state index contributed by atoms with van der Waals surface area (Å²) in [5.41, 5.74) is 4.76. The molecule has 0 spiro atoms. The molecule has 1 amide bonds. The zero-order chi connectivity index (χ0) is 18.2. The second-order valence-corrected chi connectivity index (χ2v) is 4.65. The molecule has 10 heteroatoms. The average molecular weight is 344 g/mol. The largest absolute Gasteiger partial charge is 0.497 e. The SMILES string of the molecule is C=CCNc1ncnc(NNC(=O)c2ccc(OC)cc2)c1[N+](=O)[O-]. The van der Waals surface area contributed by atoms with Gasteiger partial charge in [-0.2, -0.15) is 0 Å². The quantitative estimate of drug-likeness (QED) is 0.375. The lowest BCUT2D eigenvalue weighted by molar-refractivity contribution is -0.383. The van der Waals surface area contributed by atoms with Crippen LogP contribution in [0, 0.1) is 10.1 Å². The Bertz CT molecular complexity index is 778. The van der Waals surface area contributed by atoms with Gasteiger partial charge in [0.15, 0.2) is 0 Å². The fourth-order valence-electron chi connectivity index (χ4n) is 1.87. The number of methoxy groups -OCH3 is 1. The van der Waals surface area contributed by atoms with E-state index in [0.717, 1.165) is 6.33 Å². The number of nitrogens with one attached hydrogen (secondary N) is 3. The van der Waals surface area contributed by atoms with Gasteiger partial charge in [-0.25, -0.2) is 9.97 Å². The van der Waals surface area contributed by atoms with E-state index < -0.39 is 10.8 Å². The lowest BCUT2D eigenvalue weighted by Crippen LogP contribution is -2.30. The molecule has 0 aliphatic carbocycles. The zero-order valence-electron chi connectivity index (χ0n) is 13.4. The van der Waals surface area contributed by atoms with E-state index >= 15 is 0 Å². The van der Waals surface area contributed by atoms with Crippen molar-refractivity contribution in [3.05, 3.63) is 58.9 Å². The van der Waals surface area contributed by atoms with E-state index in [2.05, 4.69) is 32.7 Å². The van der Waals surface area contributed by atoms with Gasteiger partial charge in [0, 0.05) is 12.1 Å². The molecule has 0 atom stereocenters.